The Hall–Kier alpha value is -9.18. The fourth-order valence-corrected chi connectivity index (χ4v) is 12.0. The van der Waals surface area contributed by atoms with Crippen LogP contribution in [0, 0.1) is 0 Å². The highest BCUT2D eigenvalue weighted by atomic mass is 15.2. The molecule has 3 heteroatoms. The number of nitrogens with zero attached hydrogens (tertiary/aromatic N) is 3. The summed E-state index contributed by atoms with van der Waals surface area (Å²) in [6.07, 6.45) is 0. The molecule has 70 heavy (non-hydrogen) atoms. The lowest BCUT2D eigenvalue weighted by atomic mass is 9.64. The molecule has 0 N–H and O–H groups in total. The minimum absolute atomic E-state index is 0.605. The molecule has 0 atom stereocenters. The van der Waals surface area contributed by atoms with Crippen molar-refractivity contribution in [3.63, 3.8) is 0 Å². The van der Waals surface area contributed by atoms with E-state index >= 15 is 0 Å². The van der Waals surface area contributed by atoms with Gasteiger partial charge < -0.3 is 14.4 Å². The van der Waals surface area contributed by atoms with Gasteiger partial charge in [0.25, 0.3) is 0 Å². The molecule has 2 heterocycles. The van der Waals surface area contributed by atoms with Gasteiger partial charge in [-0.2, -0.15) is 0 Å². The van der Waals surface area contributed by atoms with Gasteiger partial charge in [0.05, 0.1) is 33.5 Å². The summed E-state index contributed by atoms with van der Waals surface area (Å²) < 4.78 is 2.40. The van der Waals surface area contributed by atoms with Gasteiger partial charge in [-0.05, 0) is 129 Å². The molecule has 11 aromatic carbocycles. The van der Waals surface area contributed by atoms with Crippen molar-refractivity contribution >= 4 is 55.9 Å². The van der Waals surface area contributed by atoms with Crippen molar-refractivity contribution in [1.29, 1.82) is 0 Å². The Morgan fingerprint density at radius 3 is 1.46 bits per heavy atom. The van der Waals surface area contributed by atoms with Crippen LogP contribution in [0.4, 0.5) is 34.1 Å². The molecule has 2 aliphatic rings. The summed E-state index contributed by atoms with van der Waals surface area (Å²) in [4.78, 5) is 4.94. The molecular formula is C67H45N3. The minimum Gasteiger partial charge on any atom is -0.310 e. The van der Waals surface area contributed by atoms with Gasteiger partial charge in [-0.15, -0.1) is 0 Å². The molecule has 0 bridgehead atoms. The van der Waals surface area contributed by atoms with E-state index in [2.05, 4.69) is 287 Å². The summed E-state index contributed by atoms with van der Waals surface area (Å²) in [6, 6.07) is 100. The molecule has 0 saturated carbocycles. The molecule has 0 saturated heterocycles. The Bertz CT molecular complexity index is 3860. The topological polar surface area (TPSA) is 11.4 Å². The molecule has 1 aromatic heterocycles. The summed E-state index contributed by atoms with van der Waals surface area (Å²) in [6.45, 7) is 0. The normalized spacial score (nSPS) is 12.9. The van der Waals surface area contributed by atoms with Gasteiger partial charge in [-0.3, -0.25) is 0 Å². The predicted octanol–water partition coefficient (Wildman–Crippen LogP) is 17.7. The number of para-hydroxylation sites is 6. The van der Waals surface area contributed by atoms with Gasteiger partial charge >= 0.3 is 0 Å². The fourth-order valence-electron chi connectivity index (χ4n) is 12.0. The Morgan fingerprint density at radius 1 is 0.300 bits per heavy atom. The van der Waals surface area contributed by atoms with Crippen molar-refractivity contribution in [2.24, 2.45) is 0 Å². The van der Waals surface area contributed by atoms with Crippen LogP contribution in [0.5, 0.6) is 0 Å². The van der Waals surface area contributed by atoms with Gasteiger partial charge in [0.2, 0.25) is 0 Å². The van der Waals surface area contributed by atoms with E-state index in [4.69, 9.17) is 0 Å². The zero-order valence-electron chi connectivity index (χ0n) is 38.3. The van der Waals surface area contributed by atoms with Crippen molar-refractivity contribution in [3.8, 4) is 39.1 Å². The van der Waals surface area contributed by atoms with Crippen LogP contribution in [0.15, 0.2) is 273 Å². The maximum Gasteiger partial charge on any atom is 0.0755 e. The predicted molar refractivity (Wildman–Crippen MR) is 292 cm³/mol. The van der Waals surface area contributed by atoms with E-state index in [1.165, 1.54) is 83.3 Å². The van der Waals surface area contributed by atoms with Crippen molar-refractivity contribution in [3.05, 3.63) is 295 Å². The first-order valence-electron chi connectivity index (χ1n) is 24.2. The first-order chi connectivity index (χ1) is 34.8. The molecular weight excluding hydrogens is 847 g/mol. The lowest BCUT2D eigenvalue weighted by molar-refractivity contribution is 0.752. The van der Waals surface area contributed by atoms with E-state index < -0.39 is 5.41 Å². The average molecular weight is 892 g/mol. The number of aromatic nitrogens is 1. The van der Waals surface area contributed by atoms with Crippen LogP contribution < -0.4 is 9.80 Å². The first-order valence-corrected chi connectivity index (χ1v) is 24.2. The monoisotopic (exact) mass is 891 g/mol. The third-order valence-corrected chi connectivity index (χ3v) is 14.8. The van der Waals surface area contributed by atoms with Crippen LogP contribution in [0.1, 0.15) is 22.3 Å². The SMILES string of the molecule is c1ccc(-c2ccccc2-c2ccccc2N(c2ccc(-n3c4ccccc4c4ccccc43)cc2)c2ccc3c(c2)C2(c4ccccc4-3)c3ccccc3N(c3ccccc3)c3ccccc32)cc1. The smallest absolute Gasteiger partial charge is 0.0755 e. The molecule has 12 aromatic rings. The largest absolute Gasteiger partial charge is 0.310 e. The van der Waals surface area contributed by atoms with Crippen LogP contribution in [0.3, 0.4) is 0 Å². The molecule has 328 valence electrons. The van der Waals surface area contributed by atoms with E-state index in [0.717, 1.165) is 34.0 Å². The molecule has 1 aliphatic heterocycles. The summed E-state index contributed by atoms with van der Waals surface area (Å²) in [5, 5.41) is 2.50. The van der Waals surface area contributed by atoms with Crippen LogP contribution in [-0.2, 0) is 5.41 Å². The molecule has 0 amide bonds. The lowest BCUT2D eigenvalue weighted by Crippen LogP contribution is -2.36. The summed E-state index contributed by atoms with van der Waals surface area (Å²) >= 11 is 0. The van der Waals surface area contributed by atoms with Gasteiger partial charge in [0, 0.05) is 39.1 Å². The molecule has 0 fully saturated rings. The zero-order chi connectivity index (χ0) is 46.2. The number of rotatable bonds is 7. The Balaban J connectivity index is 1.02. The van der Waals surface area contributed by atoms with Crippen LogP contribution >= 0.6 is 0 Å². The zero-order valence-corrected chi connectivity index (χ0v) is 38.3. The summed E-state index contributed by atoms with van der Waals surface area (Å²) in [5.74, 6) is 0. The number of hydrogen-bond donors (Lipinski definition) is 0. The number of hydrogen-bond acceptors (Lipinski definition) is 2. The Labute approximate surface area is 408 Å². The lowest BCUT2D eigenvalue weighted by Gasteiger charge is -2.45. The Kier molecular flexibility index (Phi) is 9.11. The highest BCUT2D eigenvalue weighted by Gasteiger charge is 2.52. The van der Waals surface area contributed by atoms with Gasteiger partial charge in [0.1, 0.15) is 0 Å². The standard InChI is InChI=1S/C67H45N3/c1-3-21-46(22-4-1)51-25-7-8-26-52(51)55-28-10-16-34-62(55)68(48-39-41-49(42-40-48)69-63-35-17-11-29-56(63)57-30-12-18-36-64(57)69)50-43-44-54-53-27-9-13-31-58(53)67(61(54)45-50)59-32-14-19-37-65(59)70(47-23-5-2-6-24-47)66-38-20-15-33-60(66)67/h1-45H. The second-order valence-electron chi connectivity index (χ2n) is 18.4. The third kappa shape index (κ3) is 5.88. The number of anilines is 6. The minimum atomic E-state index is -0.605. The maximum absolute atomic E-state index is 2.50. The van der Waals surface area contributed by atoms with Gasteiger partial charge in [-0.1, -0.05) is 194 Å². The van der Waals surface area contributed by atoms with E-state index in [0.29, 0.717) is 0 Å². The summed E-state index contributed by atoms with van der Waals surface area (Å²) in [5.41, 5.74) is 22.0. The molecule has 0 unspecified atom stereocenters. The molecule has 1 spiro atoms. The second kappa shape index (κ2) is 16.0. The average Bonchev–Trinajstić information content (AvgIpc) is 3.93. The molecule has 0 radical (unpaired) electrons. The highest BCUT2D eigenvalue weighted by molar-refractivity contribution is 6.09. The van der Waals surface area contributed by atoms with Crippen LogP contribution in [-0.4, -0.2) is 4.57 Å². The highest BCUT2D eigenvalue weighted by Crippen LogP contribution is 2.64. The number of benzene rings is 11. The van der Waals surface area contributed by atoms with Crippen molar-refractivity contribution in [2.75, 3.05) is 9.80 Å². The van der Waals surface area contributed by atoms with Crippen molar-refractivity contribution in [2.45, 2.75) is 5.41 Å². The van der Waals surface area contributed by atoms with E-state index in [-0.39, 0.29) is 0 Å². The molecule has 3 nitrogen and oxygen atoms in total. The fraction of sp³-hybridized carbons (Fsp3) is 0.0149. The van der Waals surface area contributed by atoms with E-state index in [1.807, 2.05) is 0 Å². The molecule has 1 aliphatic carbocycles. The summed E-state index contributed by atoms with van der Waals surface area (Å²) in [7, 11) is 0. The van der Waals surface area contributed by atoms with E-state index in [9.17, 15) is 0 Å². The van der Waals surface area contributed by atoms with Crippen LogP contribution in [0.2, 0.25) is 0 Å². The quantitative estimate of drug-likeness (QED) is 0.158. The van der Waals surface area contributed by atoms with Crippen molar-refractivity contribution in [1.82, 2.24) is 4.57 Å². The first kappa shape index (κ1) is 39.9. The molecule has 14 rings (SSSR count). The third-order valence-electron chi connectivity index (χ3n) is 14.8. The number of fused-ring (bicyclic) bond motifs is 12. The second-order valence-corrected chi connectivity index (χ2v) is 18.4. The Morgan fingerprint density at radius 2 is 0.786 bits per heavy atom. The van der Waals surface area contributed by atoms with Gasteiger partial charge in [-0.25, -0.2) is 0 Å². The van der Waals surface area contributed by atoms with E-state index in [1.54, 1.807) is 0 Å². The van der Waals surface area contributed by atoms with Crippen molar-refractivity contribution < 1.29 is 0 Å². The van der Waals surface area contributed by atoms with Gasteiger partial charge in [0.15, 0.2) is 0 Å². The maximum atomic E-state index is 2.50. The van der Waals surface area contributed by atoms with Crippen LogP contribution in [0.25, 0.3) is 60.9 Å².